The summed E-state index contributed by atoms with van der Waals surface area (Å²) in [6, 6.07) is 3.70. The molecule has 3 rings (SSSR count). The lowest BCUT2D eigenvalue weighted by molar-refractivity contribution is -0.130. The van der Waals surface area contributed by atoms with Crippen molar-refractivity contribution in [2.45, 2.75) is 38.4 Å². The highest BCUT2D eigenvalue weighted by molar-refractivity contribution is 7.99. The van der Waals surface area contributed by atoms with Crippen LogP contribution < -0.4 is 0 Å². The SMILES string of the molecule is CCn1c(SCC(=O)N2CCCC(C)C2)nnc1-c1ccco1. The number of carbonyl (C=O) groups is 1. The third-order valence-electron chi connectivity index (χ3n) is 4.11. The van der Waals surface area contributed by atoms with Gasteiger partial charge in [-0.1, -0.05) is 18.7 Å². The summed E-state index contributed by atoms with van der Waals surface area (Å²) in [5, 5.41) is 9.19. The van der Waals surface area contributed by atoms with Gasteiger partial charge in [-0.05, 0) is 37.8 Å². The first-order chi connectivity index (χ1) is 11.2. The topological polar surface area (TPSA) is 64.2 Å². The second kappa shape index (κ2) is 7.21. The van der Waals surface area contributed by atoms with Crippen molar-refractivity contribution < 1.29 is 9.21 Å². The number of piperidine rings is 1. The van der Waals surface area contributed by atoms with Crippen LogP contribution in [0.4, 0.5) is 0 Å². The highest BCUT2D eigenvalue weighted by Crippen LogP contribution is 2.25. The van der Waals surface area contributed by atoms with Gasteiger partial charge in [-0.3, -0.25) is 9.36 Å². The van der Waals surface area contributed by atoms with E-state index in [0.717, 1.165) is 31.2 Å². The summed E-state index contributed by atoms with van der Waals surface area (Å²) in [6.45, 7) is 6.73. The number of furan rings is 1. The maximum absolute atomic E-state index is 12.4. The fourth-order valence-corrected chi connectivity index (χ4v) is 3.81. The number of hydrogen-bond acceptors (Lipinski definition) is 5. The Morgan fingerprint density at radius 1 is 1.48 bits per heavy atom. The van der Waals surface area contributed by atoms with Crippen molar-refractivity contribution in [3.8, 4) is 11.6 Å². The highest BCUT2D eigenvalue weighted by Gasteiger charge is 2.22. The highest BCUT2D eigenvalue weighted by atomic mass is 32.2. The number of nitrogens with zero attached hydrogens (tertiary/aromatic N) is 4. The van der Waals surface area contributed by atoms with Crippen LogP contribution in [0.5, 0.6) is 0 Å². The molecule has 6 nitrogen and oxygen atoms in total. The van der Waals surface area contributed by atoms with E-state index in [4.69, 9.17) is 4.42 Å². The molecule has 1 atom stereocenters. The van der Waals surface area contributed by atoms with Crippen molar-refractivity contribution in [1.29, 1.82) is 0 Å². The predicted molar refractivity (Wildman–Crippen MR) is 89.1 cm³/mol. The van der Waals surface area contributed by atoms with Crippen molar-refractivity contribution in [3.05, 3.63) is 18.4 Å². The smallest absolute Gasteiger partial charge is 0.233 e. The molecule has 124 valence electrons. The number of likely N-dealkylation sites (tertiary alicyclic amines) is 1. The molecule has 7 heteroatoms. The van der Waals surface area contributed by atoms with Gasteiger partial charge in [-0.2, -0.15) is 0 Å². The molecule has 1 saturated heterocycles. The minimum absolute atomic E-state index is 0.187. The average molecular weight is 334 g/mol. The van der Waals surface area contributed by atoms with Gasteiger partial charge < -0.3 is 9.32 Å². The molecule has 2 aromatic heterocycles. The van der Waals surface area contributed by atoms with E-state index in [1.807, 2.05) is 28.5 Å². The summed E-state index contributed by atoms with van der Waals surface area (Å²) in [4.78, 5) is 14.4. The number of aromatic nitrogens is 3. The minimum atomic E-state index is 0.187. The van der Waals surface area contributed by atoms with E-state index in [9.17, 15) is 4.79 Å². The Labute approximate surface area is 140 Å². The van der Waals surface area contributed by atoms with Gasteiger partial charge in [0.05, 0.1) is 12.0 Å². The fraction of sp³-hybridized carbons (Fsp3) is 0.562. The van der Waals surface area contributed by atoms with Gasteiger partial charge in [0.1, 0.15) is 0 Å². The summed E-state index contributed by atoms with van der Waals surface area (Å²) >= 11 is 1.45. The Bertz CT molecular complexity index is 653. The zero-order chi connectivity index (χ0) is 16.2. The normalized spacial score (nSPS) is 18.3. The van der Waals surface area contributed by atoms with Crippen molar-refractivity contribution in [3.63, 3.8) is 0 Å². The molecule has 0 aromatic carbocycles. The molecule has 0 saturated carbocycles. The van der Waals surface area contributed by atoms with Crippen LogP contribution >= 0.6 is 11.8 Å². The third-order valence-corrected chi connectivity index (χ3v) is 5.06. The van der Waals surface area contributed by atoms with Crippen LogP contribution in [0.25, 0.3) is 11.6 Å². The van der Waals surface area contributed by atoms with Crippen LogP contribution in [0, 0.1) is 5.92 Å². The Morgan fingerprint density at radius 2 is 2.35 bits per heavy atom. The van der Waals surface area contributed by atoms with E-state index in [1.165, 1.54) is 18.2 Å². The van der Waals surface area contributed by atoms with Crippen LogP contribution in [0.1, 0.15) is 26.7 Å². The van der Waals surface area contributed by atoms with Gasteiger partial charge in [0.25, 0.3) is 0 Å². The molecule has 1 amide bonds. The maximum atomic E-state index is 12.4. The molecular formula is C16H22N4O2S. The summed E-state index contributed by atoms with van der Waals surface area (Å²) in [5.74, 6) is 2.60. The Kier molecular flexibility index (Phi) is 5.05. The number of thioether (sulfide) groups is 1. The summed E-state index contributed by atoms with van der Waals surface area (Å²) < 4.78 is 7.38. The number of amides is 1. The molecule has 0 N–H and O–H groups in total. The fourth-order valence-electron chi connectivity index (χ4n) is 2.90. The van der Waals surface area contributed by atoms with Crippen LogP contribution in [0.15, 0.2) is 28.0 Å². The third kappa shape index (κ3) is 3.60. The summed E-state index contributed by atoms with van der Waals surface area (Å²) in [5.41, 5.74) is 0. The number of carbonyl (C=O) groups excluding carboxylic acids is 1. The maximum Gasteiger partial charge on any atom is 0.233 e. The van der Waals surface area contributed by atoms with Gasteiger partial charge in [-0.15, -0.1) is 10.2 Å². The molecule has 23 heavy (non-hydrogen) atoms. The van der Waals surface area contributed by atoms with Crippen LogP contribution in [0.3, 0.4) is 0 Å². The lowest BCUT2D eigenvalue weighted by Gasteiger charge is -2.30. The molecular weight excluding hydrogens is 312 g/mol. The molecule has 0 aliphatic carbocycles. The first-order valence-corrected chi connectivity index (χ1v) is 9.05. The molecule has 0 radical (unpaired) electrons. The van der Waals surface area contributed by atoms with Crippen molar-refractivity contribution in [2.75, 3.05) is 18.8 Å². The standard InChI is InChI=1S/C16H22N4O2S/c1-3-20-15(13-7-5-9-22-13)17-18-16(20)23-11-14(21)19-8-4-6-12(2)10-19/h5,7,9,12H,3-4,6,8,10-11H2,1-2H3. The van der Waals surface area contributed by atoms with Gasteiger partial charge in [0, 0.05) is 19.6 Å². The predicted octanol–water partition coefficient (Wildman–Crippen LogP) is 2.91. The second-order valence-corrected chi connectivity index (χ2v) is 6.85. The molecule has 1 aliphatic heterocycles. The summed E-state index contributed by atoms with van der Waals surface area (Å²) in [6.07, 6.45) is 3.94. The average Bonchev–Trinajstić information content (AvgIpc) is 3.21. The molecule has 2 aromatic rings. The summed E-state index contributed by atoms with van der Waals surface area (Å²) in [7, 11) is 0. The van der Waals surface area contributed by atoms with Gasteiger partial charge in [0.2, 0.25) is 5.91 Å². The molecule has 3 heterocycles. The van der Waals surface area contributed by atoms with Crippen molar-refractivity contribution in [1.82, 2.24) is 19.7 Å². The van der Waals surface area contributed by atoms with E-state index in [-0.39, 0.29) is 5.91 Å². The molecule has 0 bridgehead atoms. The first kappa shape index (κ1) is 16.1. The molecule has 1 fully saturated rings. The monoisotopic (exact) mass is 334 g/mol. The lowest BCUT2D eigenvalue weighted by Crippen LogP contribution is -2.40. The van der Waals surface area contributed by atoms with Crippen LogP contribution in [-0.2, 0) is 11.3 Å². The number of rotatable bonds is 5. The molecule has 1 unspecified atom stereocenters. The van der Waals surface area contributed by atoms with Crippen LogP contribution in [-0.4, -0.2) is 44.4 Å². The zero-order valence-electron chi connectivity index (χ0n) is 13.6. The van der Waals surface area contributed by atoms with Gasteiger partial charge >= 0.3 is 0 Å². The van der Waals surface area contributed by atoms with E-state index in [0.29, 0.717) is 23.3 Å². The Hall–Kier alpha value is -1.76. The van der Waals surface area contributed by atoms with E-state index >= 15 is 0 Å². The molecule has 1 aliphatic rings. The quantitative estimate of drug-likeness (QED) is 0.787. The van der Waals surface area contributed by atoms with E-state index < -0.39 is 0 Å². The lowest BCUT2D eigenvalue weighted by atomic mass is 10.0. The van der Waals surface area contributed by atoms with Crippen LogP contribution in [0.2, 0.25) is 0 Å². The van der Waals surface area contributed by atoms with Crippen molar-refractivity contribution in [2.24, 2.45) is 5.92 Å². The van der Waals surface area contributed by atoms with Crippen molar-refractivity contribution >= 4 is 17.7 Å². The largest absolute Gasteiger partial charge is 0.461 e. The zero-order valence-corrected chi connectivity index (χ0v) is 14.4. The number of hydrogen-bond donors (Lipinski definition) is 0. The first-order valence-electron chi connectivity index (χ1n) is 8.06. The Balaban J connectivity index is 1.65. The minimum Gasteiger partial charge on any atom is -0.461 e. The van der Waals surface area contributed by atoms with E-state index in [2.05, 4.69) is 17.1 Å². The Morgan fingerprint density at radius 3 is 3.04 bits per heavy atom. The van der Waals surface area contributed by atoms with E-state index in [1.54, 1.807) is 6.26 Å². The second-order valence-electron chi connectivity index (χ2n) is 5.90. The van der Waals surface area contributed by atoms with Gasteiger partial charge in [0.15, 0.2) is 16.7 Å². The molecule has 0 spiro atoms. The van der Waals surface area contributed by atoms with Gasteiger partial charge in [-0.25, -0.2) is 0 Å².